The van der Waals surface area contributed by atoms with Gasteiger partial charge in [0.15, 0.2) is 0 Å². The zero-order valence-corrected chi connectivity index (χ0v) is 9.24. The van der Waals surface area contributed by atoms with E-state index in [1.54, 1.807) is 0 Å². The average molecular weight is 226 g/mol. The van der Waals surface area contributed by atoms with E-state index in [4.69, 9.17) is 0 Å². The maximum absolute atomic E-state index is 11.6. The minimum atomic E-state index is -0.369. The molecule has 1 aliphatic carbocycles. The highest BCUT2D eigenvalue weighted by molar-refractivity contribution is 5.90. The number of aliphatic hydroxyl groups is 1. The van der Waals surface area contributed by atoms with Crippen molar-refractivity contribution in [3.63, 3.8) is 0 Å². The molecule has 5 nitrogen and oxygen atoms in total. The largest absolute Gasteiger partial charge is 0.393 e. The van der Waals surface area contributed by atoms with Gasteiger partial charge in [0.1, 0.15) is 6.04 Å². The Morgan fingerprint density at radius 1 is 1.44 bits per heavy atom. The summed E-state index contributed by atoms with van der Waals surface area (Å²) in [5.74, 6) is 0.00653. The molecule has 5 heteroatoms. The van der Waals surface area contributed by atoms with Crippen LogP contribution in [0, 0.1) is 5.92 Å². The molecule has 90 valence electrons. The molecule has 2 aliphatic rings. The number of aliphatic hydroxyl groups excluding tert-OH is 1. The first-order valence-electron chi connectivity index (χ1n) is 5.92. The second-order valence-electron chi connectivity index (χ2n) is 4.66. The van der Waals surface area contributed by atoms with Gasteiger partial charge >= 0.3 is 0 Å². The summed E-state index contributed by atoms with van der Waals surface area (Å²) in [4.78, 5) is 22.6. The monoisotopic (exact) mass is 226 g/mol. The van der Waals surface area contributed by atoms with Crippen molar-refractivity contribution < 1.29 is 14.7 Å². The molecule has 0 aromatic rings. The quantitative estimate of drug-likeness (QED) is 0.609. The van der Waals surface area contributed by atoms with E-state index >= 15 is 0 Å². The van der Waals surface area contributed by atoms with E-state index in [-0.39, 0.29) is 29.9 Å². The van der Waals surface area contributed by atoms with Crippen molar-refractivity contribution in [1.29, 1.82) is 0 Å². The summed E-state index contributed by atoms with van der Waals surface area (Å²) in [5.41, 5.74) is 0. The number of carbonyl (C=O) groups excluding carboxylic acids is 2. The lowest BCUT2D eigenvalue weighted by molar-refractivity contribution is -0.126. The van der Waals surface area contributed by atoms with Gasteiger partial charge in [0.05, 0.1) is 6.10 Å². The minimum Gasteiger partial charge on any atom is -0.393 e. The summed E-state index contributed by atoms with van der Waals surface area (Å²) < 4.78 is 0. The predicted octanol–water partition coefficient (Wildman–Crippen LogP) is -0.458. The Morgan fingerprint density at radius 2 is 2.25 bits per heavy atom. The molecule has 3 N–H and O–H groups in total. The van der Waals surface area contributed by atoms with Crippen LogP contribution in [0.4, 0.5) is 0 Å². The van der Waals surface area contributed by atoms with E-state index in [2.05, 4.69) is 10.6 Å². The van der Waals surface area contributed by atoms with Crippen LogP contribution in [-0.4, -0.2) is 35.6 Å². The van der Waals surface area contributed by atoms with Crippen molar-refractivity contribution in [2.45, 2.75) is 44.2 Å². The lowest BCUT2D eigenvalue weighted by atomic mass is 10.1. The second kappa shape index (κ2) is 4.82. The Balaban J connectivity index is 1.73. The van der Waals surface area contributed by atoms with Gasteiger partial charge in [0.25, 0.3) is 0 Å². The Labute approximate surface area is 94.6 Å². The third-order valence-electron chi connectivity index (χ3n) is 3.47. The Kier molecular flexibility index (Phi) is 3.43. The van der Waals surface area contributed by atoms with Gasteiger partial charge in [0, 0.05) is 18.9 Å². The fourth-order valence-electron chi connectivity index (χ4n) is 2.42. The summed E-state index contributed by atoms with van der Waals surface area (Å²) in [6, 6.07) is -0.369. The molecule has 2 fully saturated rings. The average Bonchev–Trinajstić information content (AvgIpc) is 2.84. The smallest absolute Gasteiger partial charge is 0.242 e. The van der Waals surface area contributed by atoms with E-state index < -0.39 is 0 Å². The third-order valence-corrected chi connectivity index (χ3v) is 3.47. The molecule has 1 saturated carbocycles. The molecule has 1 saturated heterocycles. The fourth-order valence-corrected chi connectivity index (χ4v) is 2.42. The highest BCUT2D eigenvalue weighted by Gasteiger charge is 2.29. The van der Waals surface area contributed by atoms with E-state index in [1.807, 2.05) is 0 Å². The minimum absolute atomic E-state index is 0.0546. The van der Waals surface area contributed by atoms with Gasteiger partial charge in [-0.2, -0.15) is 0 Å². The molecule has 16 heavy (non-hydrogen) atoms. The first-order valence-corrected chi connectivity index (χ1v) is 5.92. The molecule has 1 aliphatic heterocycles. The highest BCUT2D eigenvalue weighted by atomic mass is 16.3. The third kappa shape index (κ3) is 2.52. The molecule has 3 atom stereocenters. The van der Waals surface area contributed by atoms with Crippen molar-refractivity contribution in [3.8, 4) is 0 Å². The van der Waals surface area contributed by atoms with Gasteiger partial charge in [-0.3, -0.25) is 9.59 Å². The van der Waals surface area contributed by atoms with Crippen LogP contribution in [0.3, 0.4) is 0 Å². The molecule has 0 radical (unpaired) electrons. The van der Waals surface area contributed by atoms with Gasteiger partial charge in [-0.25, -0.2) is 0 Å². The molecule has 1 heterocycles. The Hall–Kier alpha value is -1.10. The van der Waals surface area contributed by atoms with Gasteiger partial charge in [0.2, 0.25) is 11.8 Å². The van der Waals surface area contributed by atoms with E-state index in [0.717, 1.165) is 19.3 Å². The molecule has 2 rings (SSSR count). The number of hydrogen-bond donors (Lipinski definition) is 3. The summed E-state index contributed by atoms with van der Waals surface area (Å²) in [6.45, 7) is 0.520. The van der Waals surface area contributed by atoms with E-state index in [0.29, 0.717) is 19.4 Å². The zero-order chi connectivity index (χ0) is 11.5. The fraction of sp³-hybridized carbons (Fsp3) is 0.818. The number of hydrogen-bond acceptors (Lipinski definition) is 3. The van der Waals surface area contributed by atoms with Crippen LogP contribution < -0.4 is 10.6 Å². The van der Waals surface area contributed by atoms with Crippen LogP contribution in [0.2, 0.25) is 0 Å². The zero-order valence-electron chi connectivity index (χ0n) is 9.24. The van der Waals surface area contributed by atoms with Crippen LogP contribution in [0.1, 0.15) is 32.1 Å². The maximum Gasteiger partial charge on any atom is 0.242 e. The van der Waals surface area contributed by atoms with Crippen molar-refractivity contribution in [2.24, 2.45) is 5.92 Å². The van der Waals surface area contributed by atoms with Crippen LogP contribution in [0.5, 0.6) is 0 Å². The summed E-state index contributed by atoms with van der Waals surface area (Å²) >= 11 is 0. The van der Waals surface area contributed by atoms with Gasteiger partial charge in [-0.1, -0.05) is 6.42 Å². The second-order valence-corrected chi connectivity index (χ2v) is 4.66. The van der Waals surface area contributed by atoms with Gasteiger partial charge in [-0.05, 0) is 19.3 Å². The molecular weight excluding hydrogens is 208 g/mol. The predicted molar refractivity (Wildman–Crippen MR) is 57.5 cm³/mol. The Bertz CT molecular complexity index is 293. The lowest BCUT2D eigenvalue weighted by Gasteiger charge is -2.17. The van der Waals surface area contributed by atoms with E-state index in [1.165, 1.54) is 0 Å². The maximum atomic E-state index is 11.6. The van der Waals surface area contributed by atoms with Gasteiger partial charge in [-0.15, -0.1) is 0 Å². The van der Waals surface area contributed by atoms with Crippen molar-refractivity contribution in [3.05, 3.63) is 0 Å². The molecule has 0 spiro atoms. The molecule has 2 amide bonds. The molecule has 0 aromatic heterocycles. The van der Waals surface area contributed by atoms with Crippen LogP contribution in [0.15, 0.2) is 0 Å². The van der Waals surface area contributed by atoms with Crippen LogP contribution >= 0.6 is 0 Å². The number of amides is 2. The molecule has 0 bridgehead atoms. The van der Waals surface area contributed by atoms with Crippen LogP contribution in [0.25, 0.3) is 0 Å². The first-order chi connectivity index (χ1) is 7.66. The molecular formula is C11H18N2O3. The molecule has 2 unspecified atom stereocenters. The normalized spacial score (nSPS) is 33.8. The standard InChI is InChI=1S/C11H18N2O3/c14-9-3-1-2-7(9)6-12-11(16)8-4-5-10(15)13-8/h7-9,14H,1-6H2,(H,12,16)(H,13,15)/t7?,8-,9?/m0/s1. The topological polar surface area (TPSA) is 78.4 Å². The number of rotatable bonds is 3. The number of nitrogens with one attached hydrogen (secondary N) is 2. The van der Waals surface area contributed by atoms with E-state index in [9.17, 15) is 14.7 Å². The van der Waals surface area contributed by atoms with Crippen LogP contribution in [-0.2, 0) is 9.59 Å². The lowest BCUT2D eigenvalue weighted by Crippen LogP contribution is -2.43. The Morgan fingerprint density at radius 3 is 2.81 bits per heavy atom. The molecule has 0 aromatic carbocycles. The SMILES string of the molecule is O=C1CC[C@@H](C(=O)NCC2CCCC2O)N1. The summed E-state index contributed by atoms with van der Waals surface area (Å²) in [6.07, 6.45) is 3.57. The van der Waals surface area contributed by atoms with Gasteiger partial charge < -0.3 is 15.7 Å². The van der Waals surface area contributed by atoms with Crippen molar-refractivity contribution in [2.75, 3.05) is 6.54 Å². The summed E-state index contributed by atoms with van der Waals surface area (Å²) in [5, 5.41) is 15.0. The summed E-state index contributed by atoms with van der Waals surface area (Å²) in [7, 11) is 0. The number of carbonyl (C=O) groups is 2. The first kappa shape index (κ1) is 11.4. The van der Waals surface area contributed by atoms with Crippen molar-refractivity contribution in [1.82, 2.24) is 10.6 Å². The highest BCUT2D eigenvalue weighted by Crippen LogP contribution is 2.24. The van der Waals surface area contributed by atoms with Crippen molar-refractivity contribution >= 4 is 11.8 Å².